The Morgan fingerprint density at radius 2 is 2.31 bits per heavy atom. The number of rotatable bonds is 4. The first-order valence-corrected chi connectivity index (χ1v) is 5.82. The normalized spacial score (nSPS) is 10.4. The highest BCUT2D eigenvalue weighted by Gasteiger charge is 2.02. The summed E-state index contributed by atoms with van der Waals surface area (Å²) in [5, 5.41) is 11.1. The van der Waals surface area contributed by atoms with Gasteiger partial charge in [-0.3, -0.25) is 0 Å². The van der Waals surface area contributed by atoms with Crippen LogP contribution in [-0.2, 0) is 13.1 Å². The van der Waals surface area contributed by atoms with Gasteiger partial charge in [-0.15, -0.1) is 10.2 Å². The van der Waals surface area contributed by atoms with Crippen molar-refractivity contribution in [2.24, 2.45) is 0 Å². The van der Waals surface area contributed by atoms with E-state index in [2.05, 4.69) is 43.4 Å². The summed E-state index contributed by atoms with van der Waals surface area (Å²) in [5.41, 5.74) is 0. The molecule has 2 aromatic heterocycles. The second-order valence-corrected chi connectivity index (χ2v) is 4.04. The van der Waals surface area contributed by atoms with Gasteiger partial charge in [0.15, 0.2) is 5.82 Å². The number of pyridine rings is 1. The van der Waals surface area contributed by atoms with E-state index in [4.69, 9.17) is 0 Å². The van der Waals surface area contributed by atoms with Crippen molar-refractivity contribution < 1.29 is 0 Å². The molecule has 0 radical (unpaired) electrons. The van der Waals surface area contributed by atoms with E-state index in [0.717, 1.165) is 22.8 Å². The fourth-order valence-electron chi connectivity index (χ4n) is 1.36. The van der Waals surface area contributed by atoms with E-state index in [0.29, 0.717) is 6.54 Å². The van der Waals surface area contributed by atoms with Crippen molar-refractivity contribution in [1.82, 2.24) is 19.7 Å². The molecule has 84 valence electrons. The van der Waals surface area contributed by atoms with Crippen LogP contribution in [0.5, 0.6) is 0 Å². The summed E-state index contributed by atoms with van der Waals surface area (Å²) in [6, 6.07) is 5.74. The molecule has 0 aliphatic heterocycles. The number of halogens is 1. The maximum atomic E-state index is 4.28. The van der Waals surface area contributed by atoms with Crippen LogP contribution in [0.15, 0.2) is 29.1 Å². The monoisotopic (exact) mass is 281 g/mol. The number of aryl methyl sites for hydroxylation is 1. The molecule has 0 amide bonds. The lowest BCUT2D eigenvalue weighted by Gasteiger charge is -2.06. The molecule has 0 bridgehead atoms. The number of hydrogen-bond donors (Lipinski definition) is 1. The minimum Gasteiger partial charge on any atom is -0.363 e. The van der Waals surface area contributed by atoms with E-state index < -0.39 is 0 Å². The molecular formula is C10H12BrN5. The highest BCUT2D eigenvalue weighted by molar-refractivity contribution is 9.10. The Labute approximate surface area is 102 Å². The standard InChI is InChI=1S/C10H12BrN5/c1-2-16-7-13-15-10(16)6-12-9-5-3-4-8(11)14-9/h3-5,7H,2,6H2,1H3,(H,12,14). The fraction of sp³-hybridized carbons (Fsp3) is 0.300. The van der Waals surface area contributed by atoms with Gasteiger partial charge in [-0.25, -0.2) is 4.98 Å². The summed E-state index contributed by atoms with van der Waals surface area (Å²) in [6.07, 6.45) is 1.73. The van der Waals surface area contributed by atoms with Crippen molar-refractivity contribution in [2.75, 3.05) is 5.32 Å². The van der Waals surface area contributed by atoms with Gasteiger partial charge in [-0.1, -0.05) is 6.07 Å². The first-order chi connectivity index (χ1) is 7.79. The third kappa shape index (κ3) is 2.57. The van der Waals surface area contributed by atoms with E-state index in [1.54, 1.807) is 6.33 Å². The summed E-state index contributed by atoms with van der Waals surface area (Å²) in [4.78, 5) is 4.28. The average molecular weight is 282 g/mol. The van der Waals surface area contributed by atoms with Gasteiger partial charge in [0.25, 0.3) is 0 Å². The smallest absolute Gasteiger partial charge is 0.152 e. The number of aromatic nitrogens is 4. The molecule has 0 aliphatic rings. The first kappa shape index (κ1) is 11.1. The van der Waals surface area contributed by atoms with Gasteiger partial charge in [0.1, 0.15) is 16.7 Å². The SMILES string of the molecule is CCn1cnnc1CNc1cccc(Br)n1. The molecule has 0 fully saturated rings. The molecule has 5 nitrogen and oxygen atoms in total. The topological polar surface area (TPSA) is 55.6 Å². The predicted octanol–water partition coefficient (Wildman–Crippen LogP) is 2.07. The Morgan fingerprint density at radius 3 is 3.06 bits per heavy atom. The molecule has 6 heteroatoms. The Bertz CT molecular complexity index is 468. The zero-order valence-electron chi connectivity index (χ0n) is 8.89. The highest BCUT2D eigenvalue weighted by atomic mass is 79.9. The van der Waals surface area contributed by atoms with E-state index in [-0.39, 0.29) is 0 Å². The van der Waals surface area contributed by atoms with E-state index >= 15 is 0 Å². The summed E-state index contributed by atoms with van der Waals surface area (Å²) in [5.74, 6) is 1.73. The van der Waals surface area contributed by atoms with Crippen molar-refractivity contribution in [3.63, 3.8) is 0 Å². The van der Waals surface area contributed by atoms with Gasteiger partial charge in [-0.2, -0.15) is 0 Å². The molecule has 0 aliphatic carbocycles. The van der Waals surface area contributed by atoms with Gasteiger partial charge >= 0.3 is 0 Å². The third-order valence-electron chi connectivity index (χ3n) is 2.18. The van der Waals surface area contributed by atoms with Crippen LogP contribution < -0.4 is 5.32 Å². The van der Waals surface area contributed by atoms with Crippen LogP contribution in [0.4, 0.5) is 5.82 Å². The highest BCUT2D eigenvalue weighted by Crippen LogP contribution is 2.10. The maximum absolute atomic E-state index is 4.28. The molecule has 2 heterocycles. The van der Waals surface area contributed by atoms with Crippen molar-refractivity contribution in [3.8, 4) is 0 Å². The van der Waals surface area contributed by atoms with E-state index in [1.807, 2.05) is 22.8 Å². The van der Waals surface area contributed by atoms with Gasteiger partial charge < -0.3 is 9.88 Å². The first-order valence-electron chi connectivity index (χ1n) is 5.02. The number of hydrogen-bond acceptors (Lipinski definition) is 4. The molecule has 0 spiro atoms. The van der Waals surface area contributed by atoms with Crippen LogP contribution in [-0.4, -0.2) is 19.7 Å². The zero-order chi connectivity index (χ0) is 11.4. The van der Waals surface area contributed by atoms with Crippen molar-refractivity contribution in [3.05, 3.63) is 35.0 Å². The molecular weight excluding hydrogens is 270 g/mol. The van der Waals surface area contributed by atoms with Gasteiger partial charge in [0.2, 0.25) is 0 Å². The Hall–Kier alpha value is -1.43. The predicted molar refractivity (Wildman–Crippen MR) is 65.0 cm³/mol. The lowest BCUT2D eigenvalue weighted by molar-refractivity contribution is 0.707. The Kier molecular flexibility index (Phi) is 3.51. The van der Waals surface area contributed by atoms with E-state index in [9.17, 15) is 0 Å². The number of nitrogens with zero attached hydrogens (tertiary/aromatic N) is 4. The van der Waals surface area contributed by atoms with Crippen LogP contribution in [0.2, 0.25) is 0 Å². The molecule has 0 saturated heterocycles. The lowest BCUT2D eigenvalue weighted by atomic mass is 10.4. The minimum absolute atomic E-state index is 0.622. The summed E-state index contributed by atoms with van der Waals surface area (Å²) >= 11 is 3.32. The van der Waals surface area contributed by atoms with Crippen LogP contribution in [0, 0.1) is 0 Å². The van der Waals surface area contributed by atoms with Crippen LogP contribution in [0.25, 0.3) is 0 Å². The van der Waals surface area contributed by atoms with Crippen molar-refractivity contribution >= 4 is 21.7 Å². The molecule has 0 aromatic carbocycles. The molecule has 2 aromatic rings. The number of nitrogens with one attached hydrogen (secondary N) is 1. The van der Waals surface area contributed by atoms with Crippen molar-refractivity contribution in [1.29, 1.82) is 0 Å². The molecule has 0 saturated carbocycles. The molecule has 16 heavy (non-hydrogen) atoms. The van der Waals surface area contributed by atoms with E-state index in [1.165, 1.54) is 0 Å². The quantitative estimate of drug-likeness (QED) is 0.872. The van der Waals surface area contributed by atoms with Gasteiger partial charge in [-0.05, 0) is 35.0 Å². The summed E-state index contributed by atoms with van der Waals surface area (Å²) in [6.45, 7) is 3.55. The molecule has 0 atom stereocenters. The lowest BCUT2D eigenvalue weighted by Crippen LogP contribution is -2.08. The second-order valence-electron chi connectivity index (χ2n) is 3.23. The number of anilines is 1. The van der Waals surface area contributed by atoms with Gasteiger partial charge in [0, 0.05) is 6.54 Å². The van der Waals surface area contributed by atoms with Crippen LogP contribution in [0.1, 0.15) is 12.7 Å². The van der Waals surface area contributed by atoms with Gasteiger partial charge in [0.05, 0.1) is 6.54 Å². The fourth-order valence-corrected chi connectivity index (χ4v) is 1.70. The molecule has 0 unspecified atom stereocenters. The largest absolute Gasteiger partial charge is 0.363 e. The second kappa shape index (κ2) is 5.07. The Morgan fingerprint density at radius 1 is 1.44 bits per heavy atom. The minimum atomic E-state index is 0.622. The van der Waals surface area contributed by atoms with Crippen LogP contribution >= 0.6 is 15.9 Å². The maximum Gasteiger partial charge on any atom is 0.152 e. The summed E-state index contributed by atoms with van der Waals surface area (Å²) in [7, 11) is 0. The van der Waals surface area contributed by atoms with Crippen molar-refractivity contribution in [2.45, 2.75) is 20.0 Å². The Balaban J connectivity index is 2.02. The zero-order valence-corrected chi connectivity index (χ0v) is 10.5. The average Bonchev–Trinajstić information content (AvgIpc) is 2.74. The molecule has 1 N–H and O–H groups in total. The van der Waals surface area contributed by atoms with Crippen LogP contribution in [0.3, 0.4) is 0 Å². The third-order valence-corrected chi connectivity index (χ3v) is 2.62. The molecule has 2 rings (SSSR count). The summed E-state index contributed by atoms with van der Waals surface area (Å²) < 4.78 is 2.81.